The molecule has 4 nitrogen and oxygen atoms in total. The second kappa shape index (κ2) is 2.74. The van der Waals surface area contributed by atoms with Crippen molar-refractivity contribution in [2.45, 2.75) is 5.03 Å². The van der Waals surface area contributed by atoms with Crippen molar-refractivity contribution in [3.63, 3.8) is 0 Å². The van der Waals surface area contributed by atoms with Crippen molar-refractivity contribution in [1.82, 2.24) is 9.97 Å². The normalized spacial score (nSPS) is 9.40. The summed E-state index contributed by atoms with van der Waals surface area (Å²) in [6, 6.07) is 0. The summed E-state index contributed by atoms with van der Waals surface area (Å²) in [4.78, 5) is 16.8. The highest BCUT2D eigenvalue weighted by atomic mass is 32.1. The van der Waals surface area contributed by atoms with Crippen LogP contribution in [0.1, 0.15) is 0 Å². The Kier molecular flexibility index (Phi) is 1.96. The van der Waals surface area contributed by atoms with E-state index in [1.807, 2.05) is 0 Å². The Bertz CT molecular complexity index is 283. The van der Waals surface area contributed by atoms with E-state index in [4.69, 9.17) is 4.74 Å². The molecule has 0 spiro atoms. The van der Waals surface area contributed by atoms with Gasteiger partial charge in [0.1, 0.15) is 5.03 Å². The maximum atomic E-state index is 10.8. The number of H-pyrrole nitrogens is 1. The number of nitrogens with zero attached hydrogens (tertiary/aromatic N) is 1. The number of aromatic amines is 1. The highest BCUT2D eigenvalue weighted by Gasteiger charge is 2.02. The first kappa shape index (κ1) is 7.14. The molecule has 0 saturated heterocycles. The fourth-order valence-corrected chi connectivity index (χ4v) is 0.812. The Morgan fingerprint density at radius 2 is 2.50 bits per heavy atom. The van der Waals surface area contributed by atoms with Gasteiger partial charge in [0.05, 0.1) is 13.4 Å². The van der Waals surface area contributed by atoms with E-state index in [0.717, 1.165) is 0 Å². The largest absolute Gasteiger partial charge is 0.489 e. The predicted octanol–water partition coefficient (Wildman–Crippen LogP) is 0.0672. The molecule has 0 aromatic carbocycles. The topological polar surface area (TPSA) is 55.0 Å². The van der Waals surface area contributed by atoms with Crippen molar-refractivity contribution in [1.29, 1.82) is 0 Å². The van der Waals surface area contributed by atoms with Crippen LogP contribution in [0.25, 0.3) is 0 Å². The standard InChI is InChI=1S/C5H6N2O2S/c1-9-3-4(8)6-2-7-5(3)10/h2H,1H3,(H2,6,7,8,10). The van der Waals surface area contributed by atoms with Crippen LogP contribution in [0.3, 0.4) is 0 Å². The molecule has 1 rings (SSSR count). The summed E-state index contributed by atoms with van der Waals surface area (Å²) in [6.45, 7) is 0. The van der Waals surface area contributed by atoms with Gasteiger partial charge < -0.3 is 9.72 Å². The smallest absolute Gasteiger partial charge is 0.294 e. The molecule has 1 aromatic rings. The van der Waals surface area contributed by atoms with Gasteiger partial charge in [0.2, 0.25) is 5.75 Å². The number of hydrogen-bond donors (Lipinski definition) is 2. The zero-order valence-corrected chi connectivity index (χ0v) is 6.18. The number of ether oxygens (including phenoxy) is 1. The van der Waals surface area contributed by atoms with Crippen LogP contribution in [-0.2, 0) is 0 Å². The van der Waals surface area contributed by atoms with E-state index in [2.05, 4.69) is 22.6 Å². The van der Waals surface area contributed by atoms with E-state index in [9.17, 15) is 4.79 Å². The highest BCUT2D eigenvalue weighted by molar-refractivity contribution is 7.80. The summed E-state index contributed by atoms with van der Waals surface area (Å²) < 4.78 is 4.69. The third kappa shape index (κ3) is 1.13. The van der Waals surface area contributed by atoms with E-state index in [1.54, 1.807) is 0 Å². The summed E-state index contributed by atoms with van der Waals surface area (Å²) in [7, 11) is 1.39. The number of methoxy groups -OCH3 is 1. The van der Waals surface area contributed by atoms with E-state index >= 15 is 0 Å². The van der Waals surface area contributed by atoms with Crippen LogP contribution in [0.2, 0.25) is 0 Å². The molecule has 0 atom stereocenters. The lowest BCUT2D eigenvalue weighted by Gasteiger charge is -1.97. The van der Waals surface area contributed by atoms with Crippen molar-refractivity contribution < 1.29 is 4.74 Å². The summed E-state index contributed by atoms with van der Waals surface area (Å²) in [6.07, 6.45) is 1.27. The molecular weight excluding hydrogens is 152 g/mol. The first-order chi connectivity index (χ1) is 4.75. The second-order valence-corrected chi connectivity index (χ2v) is 2.01. The quantitative estimate of drug-likeness (QED) is 0.449. The number of rotatable bonds is 1. The minimum absolute atomic E-state index is 0.144. The SMILES string of the molecule is COc1c(S)nc[nH]c1=O. The molecule has 54 valence electrons. The van der Waals surface area contributed by atoms with Gasteiger partial charge in [-0.3, -0.25) is 4.79 Å². The number of aromatic nitrogens is 2. The molecule has 1 heterocycles. The molecular formula is C5H6N2O2S. The van der Waals surface area contributed by atoms with Crippen molar-refractivity contribution in [2.75, 3.05) is 7.11 Å². The van der Waals surface area contributed by atoms with Crippen LogP contribution in [0.4, 0.5) is 0 Å². The lowest BCUT2D eigenvalue weighted by atomic mass is 10.6. The molecule has 0 bridgehead atoms. The molecule has 0 aliphatic heterocycles. The molecule has 10 heavy (non-hydrogen) atoms. The fourth-order valence-electron chi connectivity index (χ4n) is 0.562. The molecule has 0 fully saturated rings. The Morgan fingerprint density at radius 3 is 2.90 bits per heavy atom. The summed E-state index contributed by atoms with van der Waals surface area (Å²) in [5.74, 6) is 0.144. The van der Waals surface area contributed by atoms with E-state index < -0.39 is 0 Å². The third-order valence-corrected chi connectivity index (χ3v) is 1.31. The van der Waals surface area contributed by atoms with Gasteiger partial charge >= 0.3 is 0 Å². The molecule has 0 amide bonds. The number of nitrogens with one attached hydrogen (secondary N) is 1. The van der Waals surface area contributed by atoms with Crippen LogP contribution >= 0.6 is 12.6 Å². The lowest BCUT2D eigenvalue weighted by Crippen LogP contribution is -2.09. The van der Waals surface area contributed by atoms with Gasteiger partial charge in [0.15, 0.2) is 0 Å². The Morgan fingerprint density at radius 1 is 1.80 bits per heavy atom. The highest BCUT2D eigenvalue weighted by Crippen LogP contribution is 2.10. The average molecular weight is 158 g/mol. The second-order valence-electron chi connectivity index (χ2n) is 1.59. The van der Waals surface area contributed by atoms with Crippen LogP contribution < -0.4 is 10.3 Å². The van der Waals surface area contributed by atoms with Gasteiger partial charge in [-0.15, -0.1) is 12.6 Å². The Balaban J connectivity index is 3.31. The van der Waals surface area contributed by atoms with E-state index in [-0.39, 0.29) is 11.3 Å². The van der Waals surface area contributed by atoms with E-state index in [0.29, 0.717) is 5.03 Å². The molecule has 1 N–H and O–H groups in total. The molecule has 0 saturated carbocycles. The zero-order chi connectivity index (χ0) is 7.56. The van der Waals surface area contributed by atoms with Crippen molar-refractivity contribution >= 4 is 12.6 Å². The van der Waals surface area contributed by atoms with Gasteiger partial charge in [-0.05, 0) is 0 Å². The molecule has 0 radical (unpaired) electrons. The molecule has 0 aliphatic rings. The minimum Gasteiger partial charge on any atom is -0.489 e. The fraction of sp³-hybridized carbons (Fsp3) is 0.200. The molecule has 5 heteroatoms. The van der Waals surface area contributed by atoms with Crippen molar-refractivity contribution in [3.8, 4) is 5.75 Å². The van der Waals surface area contributed by atoms with Crippen LogP contribution in [0.15, 0.2) is 16.1 Å². The maximum Gasteiger partial charge on any atom is 0.294 e. The van der Waals surface area contributed by atoms with Gasteiger partial charge in [-0.25, -0.2) is 4.98 Å². The summed E-state index contributed by atoms with van der Waals surface area (Å²) in [5, 5.41) is 0.297. The predicted molar refractivity (Wildman–Crippen MR) is 38.7 cm³/mol. The zero-order valence-electron chi connectivity index (χ0n) is 5.29. The van der Waals surface area contributed by atoms with Crippen molar-refractivity contribution in [3.05, 3.63) is 16.7 Å². The monoisotopic (exact) mass is 158 g/mol. The van der Waals surface area contributed by atoms with Crippen LogP contribution in [0, 0.1) is 0 Å². The lowest BCUT2D eigenvalue weighted by molar-refractivity contribution is 0.393. The number of thiol groups is 1. The van der Waals surface area contributed by atoms with Gasteiger partial charge in [-0.2, -0.15) is 0 Å². The van der Waals surface area contributed by atoms with Crippen LogP contribution in [-0.4, -0.2) is 17.1 Å². The maximum absolute atomic E-state index is 10.8. The Hall–Kier alpha value is -0.970. The third-order valence-electron chi connectivity index (χ3n) is 0.996. The number of hydrogen-bond acceptors (Lipinski definition) is 4. The minimum atomic E-state index is -0.317. The summed E-state index contributed by atoms with van der Waals surface area (Å²) in [5.41, 5.74) is -0.317. The van der Waals surface area contributed by atoms with Gasteiger partial charge in [-0.1, -0.05) is 0 Å². The first-order valence-electron chi connectivity index (χ1n) is 2.56. The molecule has 0 unspecified atom stereocenters. The Labute approximate surface area is 62.7 Å². The van der Waals surface area contributed by atoms with Gasteiger partial charge in [0.25, 0.3) is 5.56 Å². The molecule has 0 aliphatic carbocycles. The first-order valence-corrected chi connectivity index (χ1v) is 3.01. The summed E-state index contributed by atoms with van der Waals surface area (Å²) >= 11 is 3.89. The van der Waals surface area contributed by atoms with E-state index in [1.165, 1.54) is 13.4 Å². The van der Waals surface area contributed by atoms with Crippen LogP contribution in [0.5, 0.6) is 5.75 Å². The average Bonchev–Trinajstić information content (AvgIpc) is 1.88. The van der Waals surface area contributed by atoms with Crippen molar-refractivity contribution in [2.24, 2.45) is 0 Å². The molecule has 1 aromatic heterocycles. The van der Waals surface area contributed by atoms with Gasteiger partial charge in [0, 0.05) is 0 Å².